The van der Waals surface area contributed by atoms with Crippen molar-refractivity contribution in [1.82, 2.24) is 0 Å². The molecule has 11 heavy (non-hydrogen) atoms. The Balaban J connectivity index is 3.93. The Morgan fingerprint density at radius 1 is 1.73 bits per heavy atom. The number of hydrogen-bond donors (Lipinski definition) is 0. The molecule has 62 valence electrons. The molecule has 0 radical (unpaired) electrons. The summed E-state index contributed by atoms with van der Waals surface area (Å²) in [6, 6.07) is 2.29. The van der Waals surface area contributed by atoms with Gasteiger partial charge in [0.2, 0.25) is 0 Å². The van der Waals surface area contributed by atoms with E-state index in [2.05, 4.69) is 25.2 Å². The van der Waals surface area contributed by atoms with Crippen molar-refractivity contribution in [2.45, 2.75) is 20.8 Å². The summed E-state index contributed by atoms with van der Waals surface area (Å²) in [7, 11) is 0. The van der Waals surface area contributed by atoms with Crippen molar-refractivity contribution in [3.63, 3.8) is 0 Å². The summed E-state index contributed by atoms with van der Waals surface area (Å²) < 4.78 is 1.66. The summed E-state index contributed by atoms with van der Waals surface area (Å²) in [4.78, 5) is 0. The third-order valence-corrected chi connectivity index (χ3v) is 3.17. The molecule has 0 N–H and O–H groups in total. The van der Waals surface area contributed by atoms with Crippen LogP contribution in [0.1, 0.15) is 20.8 Å². The smallest absolute Gasteiger partial charge is 0.0687 e. The predicted octanol–water partition coefficient (Wildman–Crippen LogP) is 2.86. The highest BCUT2D eigenvalue weighted by Crippen LogP contribution is 2.27. The first-order chi connectivity index (χ1) is 5.04. The van der Waals surface area contributed by atoms with Crippen LogP contribution < -0.4 is 0 Å². The van der Waals surface area contributed by atoms with Gasteiger partial charge in [-0.2, -0.15) is 5.26 Å². The van der Waals surface area contributed by atoms with E-state index in [0.29, 0.717) is 5.92 Å². The minimum Gasteiger partial charge on any atom is -0.198 e. The minimum absolute atomic E-state index is 0.231. The first-order valence-corrected chi connectivity index (χ1v) is 5.03. The number of rotatable bonds is 4. The average molecular weight is 187 g/mol. The third kappa shape index (κ3) is 3.74. The van der Waals surface area contributed by atoms with Gasteiger partial charge in [0.25, 0.3) is 0 Å². The van der Waals surface area contributed by atoms with E-state index < -0.39 is 0 Å². The van der Waals surface area contributed by atoms with E-state index >= 15 is 0 Å². The normalized spacial score (nSPS) is 13.6. The molecule has 1 nitrogen and oxygen atoms in total. The van der Waals surface area contributed by atoms with Crippen molar-refractivity contribution >= 4 is 28.7 Å². The Morgan fingerprint density at radius 3 is 2.64 bits per heavy atom. The van der Waals surface area contributed by atoms with Gasteiger partial charge in [0.15, 0.2) is 0 Å². The molecule has 0 aromatic heterocycles. The lowest BCUT2D eigenvalue weighted by Gasteiger charge is -2.22. The van der Waals surface area contributed by atoms with Crippen molar-refractivity contribution in [2.24, 2.45) is 11.3 Å². The van der Waals surface area contributed by atoms with E-state index in [0.717, 1.165) is 5.75 Å². The molecule has 0 aromatic rings. The maximum Gasteiger partial charge on any atom is 0.0687 e. The van der Waals surface area contributed by atoms with E-state index in [-0.39, 0.29) is 5.41 Å². The summed E-state index contributed by atoms with van der Waals surface area (Å²) >= 11 is 6.28. The molecule has 0 fully saturated rings. The molecule has 1 unspecified atom stereocenters. The number of thioether (sulfide) groups is 1. The quantitative estimate of drug-likeness (QED) is 0.632. The van der Waals surface area contributed by atoms with E-state index in [1.807, 2.05) is 13.8 Å². The highest BCUT2D eigenvalue weighted by Gasteiger charge is 2.24. The molecule has 0 aliphatic rings. The molecule has 0 heterocycles. The van der Waals surface area contributed by atoms with Crippen LogP contribution in [0.3, 0.4) is 0 Å². The molecule has 0 rings (SSSR count). The number of nitriles is 1. The Kier molecular flexibility index (Phi) is 4.71. The van der Waals surface area contributed by atoms with Crippen LogP contribution in [0.5, 0.6) is 0 Å². The molecule has 0 saturated heterocycles. The standard InChI is InChI=1S/C8H13NS2/c1-7(4-11-6-10)8(2,3)5-9/h6-7H,4H2,1-3H3. The number of nitrogens with zero attached hydrogens (tertiary/aromatic N) is 1. The number of hydrogen-bond acceptors (Lipinski definition) is 3. The second-order valence-electron chi connectivity index (χ2n) is 3.16. The SMILES string of the molecule is CC(CSC=S)C(C)(C)C#N. The number of thiocarbonyl (C=S) groups is 1. The zero-order chi connectivity index (χ0) is 8.91. The van der Waals surface area contributed by atoms with E-state index in [4.69, 9.17) is 5.26 Å². The molecular weight excluding hydrogens is 174 g/mol. The van der Waals surface area contributed by atoms with Crippen molar-refractivity contribution in [3.05, 3.63) is 0 Å². The molecule has 0 amide bonds. The maximum atomic E-state index is 8.77. The fourth-order valence-electron chi connectivity index (χ4n) is 0.502. The van der Waals surface area contributed by atoms with Gasteiger partial charge in [-0.05, 0) is 19.8 Å². The zero-order valence-electron chi connectivity index (χ0n) is 7.13. The Hall–Kier alpha value is -0.0700. The molecule has 0 saturated carbocycles. The predicted molar refractivity (Wildman–Crippen MR) is 54.7 cm³/mol. The van der Waals surface area contributed by atoms with E-state index in [1.54, 1.807) is 16.5 Å². The van der Waals surface area contributed by atoms with Gasteiger partial charge in [-0.1, -0.05) is 19.1 Å². The lowest BCUT2D eigenvalue weighted by molar-refractivity contribution is 0.351. The molecule has 0 aromatic carbocycles. The fraction of sp³-hybridized carbons (Fsp3) is 0.750. The fourth-order valence-corrected chi connectivity index (χ4v) is 1.52. The highest BCUT2D eigenvalue weighted by molar-refractivity contribution is 8.20. The Morgan fingerprint density at radius 2 is 2.27 bits per heavy atom. The van der Waals surface area contributed by atoms with E-state index in [9.17, 15) is 0 Å². The van der Waals surface area contributed by atoms with Crippen LogP contribution in [-0.4, -0.2) is 10.5 Å². The van der Waals surface area contributed by atoms with Crippen molar-refractivity contribution in [2.75, 3.05) is 5.75 Å². The van der Waals surface area contributed by atoms with Crippen LogP contribution >= 0.6 is 24.0 Å². The third-order valence-electron chi connectivity index (χ3n) is 1.93. The Bertz CT molecular complexity index is 169. The van der Waals surface area contributed by atoms with Crippen molar-refractivity contribution in [3.8, 4) is 6.07 Å². The molecule has 0 aliphatic carbocycles. The zero-order valence-corrected chi connectivity index (χ0v) is 8.76. The van der Waals surface area contributed by atoms with Gasteiger partial charge in [0.1, 0.15) is 0 Å². The van der Waals surface area contributed by atoms with Crippen LogP contribution in [0.2, 0.25) is 0 Å². The van der Waals surface area contributed by atoms with Crippen molar-refractivity contribution in [1.29, 1.82) is 5.26 Å². The molecular formula is C8H13NS2. The highest BCUT2D eigenvalue weighted by atomic mass is 32.2. The van der Waals surface area contributed by atoms with Crippen LogP contribution in [0.4, 0.5) is 0 Å². The molecule has 0 aliphatic heterocycles. The average Bonchev–Trinajstić information content (AvgIpc) is 2.00. The van der Waals surface area contributed by atoms with Crippen LogP contribution in [0.25, 0.3) is 0 Å². The minimum atomic E-state index is -0.231. The van der Waals surface area contributed by atoms with Crippen molar-refractivity contribution < 1.29 is 0 Å². The summed E-state index contributed by atoms with van der Waals surface area (Å²) in [6.07, 6.45) is 0. The van der Waals surface area contributed by atoms with Crippen LogP contribution in [0, 0.1) is 22.7 Å². The summed E-state index contributed by atoms with van der Waals surface area (Å²) in [5.74, 6) is 1.32. The van der Waals surface area contributed by atoms with E-state index in [1.165, 1.54) is 0 Å². The van der Waals surface area contributed by atoms with Crippen LogP contribution in [-0.2, 0) is 0 Å². The summed E-state index contributed by atoms with van der Waals surface area (Å²) in [5, 5.41) is 8.77. The Labute approximate surface area is 78.2 Å². The van der Waals surface area contributed by atoms with Gasteiger partial charge in [-0.15, -0.1) is 11.8 Å². The van der Waals surface area contributed by atoms with Gasteiger partial charge in [0, 0.05) is 10.5 Å². The van der Waals surface area contributed by atoms with Crippen LogP contribution in [0.15, 0.2) is 0 Å². The van der Waals surface area contributed by atoms with Gasteiger partial charge < -0.3 is 0 Å². The van der Waals surface area contributed by atoms with Gasteiger partial charge in [-0.25, -0.2) is 0 Å². The monoisotopic (exact) mass is 187 g/mol. The molecule has 0 bridgehead atoms. The molecule has 1 atom stereocenters. The summed E-state index contributed by atoms with van der Waals surface area (Å²) in [6.45, 7) is 6.00. The second kappa shape index (κ2) is 4.74. The molecule has 0 spiro atoms. The van der Waals surface area contributed by atoms with Gasteiger partial charge in [-0.3, -0.25) is 0 Å². The molecule has 3 heteroatoms. The largest absolute Gasteiger partial charge is 0.198 e. The first kappa shape index (κ1) is 10.9. The second-order valence-corrected chi connectivity index (χ2v) is 4.60. The topological polar surface area (TPSA) is 23.8 Å². The summed E-state index contributed by atoms with van der Waals surface area (Å²) in [5.41, 5.74) is -0.231. The maximum absolute atomic E-state index is 8.77. The van der Waals surface area contributed by atoms with Gasteiger partial charge >= 0.3 is 0 Å². The van der Waals surface area contributed by atoms with Gasteiger partial charge in [0.05, 0.1) is 11.5 Å². The first-order valence-electron chi connectivity index (χ1n) is 3.51. The lowest BCUT2D eigenvalue weighted by Crippen LogP contribution is -2.21. The lowest BCUT2D eigenvalue weighted by atomic mass is 9.83.